The molecule has 0 radical (unpaired) electrons. The maximum absolute atomic E-state index is 12.9. The maximum Gasteiger partial charge on any atom is 0.266 e. The van der Waals surface area contributed by atoms with Crippen molar-refractivity contribution in [2.75, 3.05) is 26.7 Å². The van der Waals surface area contributed by atoms with Gasteiger partial charge in [0, 0.05) is 44.7 Å². The molecular formula is C22H23N5O3. The summed E-state index contributed by atoms with van der Waals surface area (Å²) in [4.78, 5) is 32.6. The van der Waals surface area contributed by atoms with E-state index in [0.29, 0.717) is 43.5 Å². The summed E-state index contributed by atoms with van der Waals surface area (Å²) in [6.07, 6.45) is 3.80. The molecule has 2 saturated heterocycles. The highest BCUT2D eigenvalue weighted by atomic mass is 16.4. The summed E-state index contributed by atoms with van der Waals surface area (Å²) in [5.74, 6) is 0.761. The first-order valence-electron chi connectivity index (χ1n) is 10.3. The molecule has 2 aliphatic heterocycles. The molecule has 30 heavy (non-hydrogen) atoms. The van der Waals surface area contributed by atoms with Crippen LogP contribution in [0.4, 0.5) is 0 Å². The third kappa shape index (κ3) is 3.32. The number of rotatable bonds is 3. The zero-order valence-corrected chi connectivity index (χ0v) is 16.8. The molecule has 8 nitrogen and oxygen atoms in total. The molecular weight excluding hydrogens is 382 g/mol. The van der Waals surface area contributed by atoms with Gasteiger partial charge in [-0.15, -0.1) is 10.2 Å². The number of likely N-dealkylation sites (tertiary alicyclic amines) is 2. The Balaban J connectivity index is 1.35. The van der Waals surface area contributed by atoms with Gasteiger partial charge in [-0.3, -0.25) is 14.6 Å². The Morgan fingerprint density at radius 2 is 2.03 bits per heavy atom. The fourth-order valence-electron chi connectivity index (χ4n) is 4.45. The van der Waals surface area contributed by atoms with Gasteiger partial charge in [-0.25, -0.2) is 0 Å². The molecule has 0 spiro atoms. The first-order valence-corrected chi connectivity index (χ1v) is 10.3. The van der Waals surface area contributed by atoms with Crippen molar-refractivity contribution in [3.63, 3.8) is 0 Å². The Hall–Kier alpha value is -3.29. The number of hydrogen-bond acceptors (Lipinski definition) is 6. The second-order valence-corrected chi connectivity index (χ2v) is 8.12. The minimum Gasteiger partial charge on any atom is -0.419 e. The van der Waals surface area contributed by atoms with Gasteiger partial charge >= 0.3 is 0 Å². The molecule has 3 aromatic rings. The lowest BCUT2D eigenvalue weighted by Crippen LogP contribution is -2.43. The third-order valence-electron chi connectivity index (χ3n) is 6.09. The minimum atomic E-state index is -0.251. The van der Waals surface area contributed by atoms with Crippen LogP contribution in [0.3, 0.4) is 0 Å². The van der Waals surface area contributed by atoms with Crippen LogP contribution in [0.25, 0.3) is 22.4 Å². The molecule has 0 N–H and O–H groups in total. The largest absolute Gasteiger partial charge is 0.419 e. The van der Waals surface area contributed by atoms with Gasteiger partial charge in [0.05, 0.1) is 11.8 Å². The molecule has 2 aromatic heterocycles. The summed E-state index contributed by atoms with van der Waals surface area (Å²) in [6.45, 7) is 1.74. The number of carbonyl (C=O) groups is 2. The molecule has 4 heterocycles. The van der Waals surface area contributed by atoms with Gasteiger partial charge in [0.2, 0.25) is 17.7 Å². The number of hydrogen-bond donors (Lipinski definition) is 0. The second-order valence-electron chi connectivity index (χ2n) is 8.12. The number of amides is 2. The lowest BCUT2D eigenvalue weighted by Gasteiger charge is -2.32. The molecule has 154 valence electrons. The van der Waals surface area contributed by atoms with Crippen molar-refractivity contribution in [1.82, 2.24) is 25.0 Å². The van der Waals surface area contributed by atoms with Gasteiger partial charge in [-0.05, 0) is 24.3 Å². The zero-order valence-electron chi connectivity index (χ0n) is 16.8. The zero-order chi connectivity index (χ0) is 20.7. The smallest absolute Gasteiger partial charge is 0.266 e. The van der Waals surface area contributed by atoms with Gasteiger partial charge in [0.15, 0.2) is 0 Å². The van der Waals surface area contributed by atoms with Crippen molar-refractivity contribution in [2.45, 2.75) is 25.2 Å². The molecule has 1 aromatic carbocycles. The van der Waals surface area contributed by atoms with Gasteiger partial charge in [0.1, 0.15) is 5.69 Å². The predicted molar refractivity (Wildman–Crippen MR) is 109 cm³/mol. The average molecular weight is 405 g/mol. The van der Waals surface area contributed by atoms with Crippen molar-refractivity contribution >= 4 is 22.6 Å². The Bertz CT molecular complexity index is 1110. The molecule has 0 saturated carbocycles. The minimum absolute atomic E-state index is 0.00578. The predicted octanol–water partition coefficient (Wildman–Crippen LogP) is 2.47. The standard InChI is InChI=1S/C22H23N5O3/c1-26-12-16(11-18(26)28)22(29)27-10-4-6-15(13-27)20-24-25-21(30-20)19-17-7-3-2-5-14(17)8-9-23-19/h2-3,5,7-9,15-16H,4,6,10-13H2,1H3/t15-,16-/m1/s1. The lowest BCUT2D eigenvalue weighted by atomic mass is 9.96. The summed E-state index contributed by atoms with van der Waals surface area (Å²) in [6, 6.07) is 9.90. The summed E-state index contributed by atoms with van der Waals surface area (Å²) >= 11 is 0. The van der Waals surface area contributed by atoms with E-state index in [4.69, 9.17) is 4.42 Å². The number of aromatic nitrogens is 3. The molecule has 5 rings (SSSR count). The molecule has 2 atom stereocenters. The highest BCUT2D eigenvalue weighted by Crippen LogP contribution is 2.31. The fraction of sp³-hybridized carbons (Fsp3) is 0.409. The van der Waals surface area contributed by atoms with E-state index < -0.39 is 0 Å². The van der Waals surface area contributed by atoms with Crippen LogP contribution in [0.2, 0.25) is 0 Å². The van der Waals surface area contributed by atoms with Crippen LogP contribution in [-0.4, -0.2) is 63.5 Å². The molecule has 2 fully saturated rings. The van der Waals surface area contributed by atoms with Crippen molar-refractivity contribution in [3.05, 3.63) is 42.4 Å². The number of benzene rings is 1. The summed E-state index contributed by atoms with van der Waals surface area (Å²) in [5.41, 5.74) is 0.670. The number of pyridine rings is 1. The number of fused-ring (bicyclic) bond motifs is 1. The highest BCUT2D eigenvalue weighted by Gasteiger charge is 2.37. The van der Waals surface area contributed by atoms with Gasteiger partial charge in [-0.1, -0.05) is 24.3 Å². The maximum atomic E-state index is 12.9. The second kappa shape index (κ2) is 7.51. The van der Waals surface area contributed by atoms with Crippen molar-refractivity contribution < 1.29 is 14.0 Å². The van der Waals surface area contributed by atoms with E-state index in [-0.39, 0.29) is 23.7 Å². The van der Waals surface area contributed by atoms with Crippen LogP contribution >= 0.6 is 0 Å². The van der Waals surface area contributed by atoms with E-state index in [1.807, 2.05) is 35.2 Å². The van der Waals surface area contributed by atoms with Gasteiger partial charge < -0.3 is 14.2 Å². The van der Waals surface area contributed by atoms with Crippen LogP contribution in [0.1, 0.15) is 31.1 Å². The SMILES string of the molecule is CN1C[C@H](C(=O)N2CCC[C@@H](c3nnc(-c4nccc5ccccc45)o3)C2)CC1=O. The molecule has 2 aliphatic rings. The van der Waals surface area contributed by atoms with Crippen molar-refractivity contribution in [1.29, 1.82) is 0 Å². The summed E-state index contributed by atoms with van der Waals surface area (Å²) in [7, 11) is 1.75. The molecule has 8 heteroatoms. The lowest BCUT2D eigenvalue weighted by molar-refractivity contribution is -0.137. The van der Waals surface area contributed by atoms with Gasteiger partial charge in [-0.2, -0.15) is 0 Å². The molecule has 0 bridgehead atoms. The Morgan fingerprint density at radius 3 is 2.87 bits per heavy atom. The summed E-state index contributed by atoms with van der Waals surface area (Å²) in [5, 5.41) is 10.6. The number of carbonyl (C=O) groups excluding carboxylic acids is 2. The van der Waals surface area contributed by atoms with Crippen LogP contribution in [0, 0.1) is 5.92 Å². The molecule has 0 unspecified atom stereocenters. The Kier molecular flexibility index (Phi) is 4.69. The van der Waals surface area contributed by atoms with Crippen molar-refractivity contribution in [2.24, 2.45) is 5.92 Å². The monoisotopic (exact) mass is 405 g/mol. The molecule has 2 amide bonds. The van der Waals surface area contributed by atoms with Crippen LogP contribution in [-0.2, 0) is 9.59 Å². The van der Waals surface area contributed by atoms with E-state index in [2.05, 4.69) is 15.2 Å². The Labute approximate surface area is 173 Å². The molecule has 0 aliphatic carbocycles. The van der Waals surface area contributed by atoms with E-state index in [1.165, 1.54) is 0 Å². The topological polar surface area (TPSA) is 92.4 Å². The van der Waals surface area contributed by atoms with E-state index in [9.17, 15) is 9.59 Å². The van der Waals surface area contributed by atoms with Gasteiger partial charge in [0.25, 0.3) is 5.89 Å². The fourth-order valence-corrected chi connectivity index (χ4v) is 4.45. The average Bonchev–Trinajstić information content (AvgIpc) is 3.40. The van der Waals surface area contributed by atoms with Crippen molar-refractivity contribution in [3.8, 4) is 11.6 Å². The first kappa shape index (κ1) is 18.7. The first-order chi connectivity index (χ1) is 14.6. The van der Waals surface area contributed by atoms with E-state index in [1.54, 1.807) is 18.1 Å². The summed E-state index contributed by atoms with van der Waals surface area (Å²) < 4.78 is 6.02. The third-order valence-corrected chi connectivity index (χ3v) is 6.09. The van der Waals surface area contributed by atoms with E-state index in [0.717, 1.165) is 23.6 Å². The normalized spacial score (nSPS) is 22.1. The van der Waals surface area contributed by atoms with Crippen LogP contribution in [0.15, 0.2) is 40.9 Å². The van der Waals surface area contributed by atoms with Crippen LogP contribution in [0.5, 0.6) is 0 Å². The quantitative estimate of drug-likeness (QED) is 0.665. The Morgan fingerprint density at radius 1 is 1.17 bits per heavy atom. The van der Waals surface area contributed by atoms with E-state index >= 15 is 0 Å². The number of nitrogens with zero attached hydrogens (tertiary/aromatic N) is 5. The van der Waals surface area contributed by atoms with Crippen LogP contribution < -0.4 is 0 Å². The highest BCUT2D eigenvalue weighted by molar-refractivity contribution is 5.92. The number of piperidine rings is 1.